The van der Waals surface area contributed by atoms with Gasteiger partial charge in [-0.1, -0.05) is 18.5 Å². The summed E-state index contributed by atoms with van der Waals surface area (Å²) in [6.45, 7) is 3.79. The minimum Gasteiger partial charge on any atom is -0.458 e. The molecule has 96 valence electrons. The van der Waals surface area contributed by atoms with Crippen molar-refractivity contribution in [2.45, 2.75) is 26.7 Å². The first-order valence-electron chi connectivity index (χ1n) is 5.82. The lowest BCUT2D eigenvalue weighted by atomic mass is 10.1. The number of aryl methyl sites for hydroxylation is 3. The molecule has 0 unspecified atom stereocenters. The first kappa shape index (κ1) is 12.9. The van der Waals surface area contributed by atoms with Crippen molar-refractivity contribution in [3.8, 4) is 0 Å². The number of hydrogen-bond acceptors (Lipinski definition) is 3. The van der Waals surface area contributed by atoms with Crippen LogP contribution in [0.25, 0.3) is 0 Å². The van der Waals surface area contributed by atoms with Crippen molar-refractivity contribution < 1.29 is 9.21 Å². The highest BCUT2D eigenvalue weighted by Gasteiger charge is 2.18. The van der Waals surface area contributed by atoms with E-state index in [4.69, 9.17) is 16.0 Å². The predicted octanol–water partition coefficient (Wildman–Crippen LogP) is 2.96. The van der Waals surface area contributed by atoms with Gasteiger partial charge in [0.15, 0.2) is 5.76 Å². The molecular formula is C13H15ClN2O2. The summed E-state index contributed by atoms with van der Waals surface area (Å²) in [5.41, 5.74) is 1.55. The molecule has 0 aliphatic rings. The van der Waals surface area contributed by atoms with Gasteiger partial charge in [-0.05, 0) is 25.5 Å². The van der Waals surface area contributed by atoms with E-state index in [2.05, 4.69) is 5.10 Å². The molecule has 0 aromatic carbocycles. The molecule has 0 radical (unpaired) electrons. The van der Waals surface area contributed by atoms with Gasteiger partial charge in [0.1, 0.15) is 5.76 Å². The Morgan fingerprint density at radius 1 is 1.50 bits per heavy atom. The van der Waals surface area contributed by atoms with Crippen LogP contribution in [0, 0.1) is 6.92 Å². The number of ketones is 1. The quantitative estimate of drug-likeness (QED) is 0.800. The van der Waals surface area contributed by atoms with Crippen molar-refractivity contribution in [3.05, 3.63) is 40.1 Å². The van der Waals surface area contributed by atoms with E-state index < -0.39 is 0 Å². The first-order valence-corrected chi connectivity index (χ1v) is 6.20. The second-order valence-corrected chi connectivity index (χ2v) is 4.57. The Balaban J connectivity index is 2.24. The van der Waals surface area contributed by atoms with E-state index in [1.807, 2.05) is 13.8 Å². The Hall–Kier alpha value is -1.55. The molecule has 0 amide bonds. The highest BCUT2D eigenvalue weighted by Crippen LogP contribution is 2.22. The van der Waals surface area contributed by atoms with Gasteiger partial charge in [0.25, 0.3) is 0 Å². The zero-order chi connectivity index (χ0) is 13.3. The molecule has 2 heterocycles. The van der Waals surface area contributed by atoms with Crippen molar-refractivity contribution in [1.29, 1.82) is 0 Å². The Bertz CT molecular complexity index is 584. The fourth-order valence-electron chi connectivity index (χ4n) is 1.84. The smallest absolute Gasteiger partial charge is 0.203 e. The molecule has 18 heavy (non-hydrogen) atoms. The second kappa shape index (κ2) is 4.98. The fourth-order valence-corrected chi connectivity index (χ4v) is 2.20. The molecule has 0 bridgehead atoms. The molecule has 0 atom stereocenters. The first-order chi connectivity index (χ1) is 8.52. The number of carbonyl (C=O) groups is 1. The third kappa shape index (κ3) is 2.34. The Morgan fingerprint density at radius 3 is 2.72 bits per heavy atom. The number of halogens is 1. The molecule has 0 N–H and O–H groups in total. The van der Waals surface area contributed by atoms with Crippen LogP contribution in [0.3, 0.4) is 0 Å². The van der Waals surface area contributed by atoms with E-state index in [1.165, 1.54) is 0 Å². The van der Waals surface area contributed by atoms with Crippen molar-refractivity contribution in [2.24, 2.45) is 7.05 Å². The van der Waals surface area contributed by atoms with Gasteiger partial charge < -0.3 is 4.42 Å². The van der Waals surface area contributed by atoms with Crippen molar-refractivity contribution in [1.82, 2.24) is 9.78 Å². The number of carbonyl (C=O) groups excluding carboxylic acids is 1. The van der Waals surface area contributed by atoms with Crippen LogP contribution in [-0.4, -0.2) is 15.6 Å². The predicted molar refractivity (Wildman–Crippen MR) is 69.1 cm³/mol. The Morgan fingerprint density at radius 2 is 2.22 bits per heavy atom. The molecule has 5 heteroatoms. The number of nitrogens with zero attached hydrogens (tertiary/aromatic N) is 2. The Labute approximate surface area is 111 Å². The average Bonchev–Trinajstić information content (AvgIpc) is 2.87. The van der Waals surface area contributed by atoms with Gasteiger partial charge in [-0.2, -0.15) is 5.10 Å². The van der Waals surface area contributed by atoms with Crippen LogP contribution in [0.1, 0.15) is 34.6 Å². The Kier molecular flexibility index (Phi) is 3.57. The highest BCUT2D eigenvalue weighted by molar-refractivity contribution is 6.32. The summed E-state index contributed by atoms with van der Waals surface area (Å²) in [6.07, 6.45) is 0.954. The molecule has 0 saturated carbocycles. The minimum atomic E-state index is -0.0874. The zero-order valence-corrected chi connectivity index (χ0v) is 11.4. The minimum absolute atomic E-state index is 0.0874. The number of aromatic nitrogens is 2. The summed E-state index contributed by atoms with van der Waals surface area (Å²) in [5.74, 6) is 1.00. The lowest BCUT2D eigenvalue weighted by Crippen LogP contribution is -2.07. The standard InChI is InChI=1S/C13H15ClN2O2/c1-4-9-13(14)10(16(3)15-9)7-11(17)12-6-5-8(2)18-12/h5-6H,4,7H2,1-3H3. The molecule has 0 aliphatic carbocycles. The van der Waals surface area contributed by atoms with Gasteiger partial charge in [0.2, 0.25) is 5.78 Å². The summed E-state index contributed by atoms with van der Waals surface area (Å²) >= 11 is 6.20. The van der Waals surface area contributed by atoms with E-state index in [0.717, 1.165) is 23.6 Å². The number of rotatable bonds is 4. The summed E-state index contributed by atoms with van der Waals surface area (Å²) in [5, 5.41) is 4.86. The van der Waals surface area contributed by atoms with E-state index in [1.54, 1.807) is 23.9 Å². The van der Waals surface area contributed by atoms with E-state index >= 15 is 0 Å². The number of hydrogen-bond donors (Lipinski definition) is 0. The topological polar surface area (TPSA) is 48.0 Å². The van der Waals surface area contributed by atoms with E-state index in [0.29, 0.717) is 10.8 Å². The zero-order valence-electron chi connectivity index (χ0n) is 10.7. The maximum Gasteiger partial charge on any atom is 0.203 e. The summed E-state index contributed by atoms with van der Waals surface area (Å²) in [7, 11) is 1.79. The third-order valence-electron chi connectivity index (χ3n) is 2.85. The van der Waals surface area contributed by atoms with Crippen LogP contribution >= 0.6 is 11.6 Å². The molecule has 0 spiro atoms. The van der Waals surface area contributed by atoms with Gasteiger partial charge in [0, 0.05) is 7.05 Å². The van der Waals surface area contributed by atoms with Crippen LogP contribution in [0.15, 0.2) is 16.5 Å². The van der Waals surface area contributed by atoms with Crippen molar-refractivity contribution >= 4 is 17.4 Å². The fraction of sp³-hybridized carbons (Fsp3) is 0.385. The van der Waals surface area contributed by atoms with Gasteiger partial charge >= 0.3 is 0 Å². The molecule has 2 rings (SSSR count). The molecular weight excluding hydrogens is 252 g/mol. The van der Waals surface area contributed by atoms with Crippen molar-refractivity contribution in [3.63, 3.8) is 0 Å². The summed E-state index contributed by atoms with van der Waals surface area (Å²) in [6, 6.07) is 3.46. The second-order valence-electron chi connectivity index (χ2n) is 4.19. The number of Topliss-reactive ketones (excluding diaryl/α,β-unsaturated/α-hetero) is 1. The molecule has 2 aromatic rings. The van der Waals surface area contributed by atoms with E-state index in [9.17, 15) is 4.79 Å². The summed E-state index contributed by atoms with van der Waals surface area (Å²) < 4.78 is 6.97. The molecule has 4 nitrogen and oxygen atoms in total. The maximum absolute atomic E-state index is 12.0. The monoisotopic (exact) mass is 266 g/mol. The van der Waals surface area contributed by atoms with Crippen LogP contribution in [0.2, 0.25) is 5.02 Å². The molecule has 0 saturated heterocycles. The third-order valence-corrected chi connectivity index (χ3v) is 3.28. The average molecular weight is 267 g/mol. The maximum atomic E-state index is 12.0. The van der Waals surface area contributed by atoms with Crippen LogP contribution in [-0.2, 0) is 19.9 Å². The van der Waals surface area contributed by atoms with Crippen LogP contribution in [0.5, 0.6) is 0 Å². The van der Waals surface area contributed by atoms with Crippen LogP contribution < -0.4 is 0 Å². The molecule has 0 fully saturated rings. The normalized spacial score (nSPS) is 10.9. The lowest BCUT2D eigenvalue weighted by molar-refractivity contribution is 0.0963. The van der Waals surface area contributed by atoms with Gasteiger partial charge in [-0.15, -0.1) is 0 Å². The van der Waals surface area contributed by atoms with E-state index in [-0.39, 0.29) is 12.2 Å². The SMILES string of the molecule is CCc1nn(C)c(CC(=O)c2ccc(C)o2)c1Cl. The van der Waals surface area contributed by atoms with Gasteiger partial charge in [-0.25, -0.2) is 0 Å². The van der Waals surface area contributed by atoms with Gasteiger partial charge in [-0.3, -0.25) is 9.48 Å². The van der Waals surface area contributed by atoms with Crippen LogP contribution in [0.4, 0.5) is 0 Å². The molecule has 0 aliphatic heterocycles. The largest absolute Gasteiger partial charge is 0.458 e. The summed E-state index contributed by atoms with van der Waals surface area (Å²) in [4.78, 5) is 12.0. The molecule has 2 aromatic heterocycles. The van der Waals surface area contributed by atoms with Gasteiger partial charge in [0.05, 0.1) is 22.8 Å². The highest BCUT2D eigenvalue weighted by atomic mass is 35.5. The van der Waals surface area contributed by atoms with Crippen molar-refractivity contribution in [2.75, 3.05) is 0 Å². The number of furan rings is 1. The lowest BCUT2D eigenvalue weighted by Gasteiger charge is -2.00.